The highest BCUT2D eigenvalue weighted by atomic mass is 32.1. The van der Waals surface area contributed by atoms with Crippen LogP contribution in [0.15, 0.2) is 18.2 Å². The SMILES string of the molecule is [B]c1nc2ccc(OC)cc2s1. The average Bonchev–Trinajstić information content (AvgIpc) is 2.43. The van der Waals surface area contributed by atoms with Crippen LogP contribution in [0.3, 0.4) is 0 Å². The predicted molar refractivity (Wildman–Crippen MR) is 51.6 cm³/mol. The van der Waals surface area contributed by atoms with Crippen molar-refractivity contribution in [2.75, 3.05) is 7.11 Å². The van der Waals surface area contributed by atoms with Gasteiger partial charge in [0.15, 0.2) is 7.85 Å². The van der Waals surface area contributed by atoms with Crippen LogP contribution in [-0.4, -0.2) is 19.9 Å². The summed E-state index contributed by atoms with van der Waals surface area (Å²) >= 11 is 1.47. The van der Waals surface area contributed by atoms with Gasteiger partial charge in [-0.05, 0) is 18.2 Å². The maximum Gasteiger partial charge on any atom is 0.157 e. The van der Waals surface area contributed by atoms with Gasteiger partial charge in [-0.15, -0.1) is 11.3 Å². The molecule has 0 amide bonds. The van der Waals surface area contributed by atoms with Gasteiger partial charge in [-0.3, -0.25) is 4.98 Å². The third kappa shape index (κ3) is 1.18. The van der Waals surface area contributed by atoms with Crippen LogP contribution in [0.2, 0.25) is 0 Å². The minimum Gasteiger partial charge on any atom is -0.497 e. The minimum atomic E-state index is 0.596. The number of methoxy groups -OCH3 is 1. The molecule has 58 valence electrons. The molecule has 0 fully saturated rings. The Bertz CT molecular complexity index is 412. The zero-order valence-electron chi connectivity index (χ0n) is 6.57. The Hall–Kier alpha value is -1.03. The van der Waals surface area contributed by atoms with Crippen LogP contribution in [0.25, 0.3) is 10.2 Å². The summed E-state index contributed by atoms with van der Waals surface area (Å²) in [6.07, 6.45) is 0. The number of fused-ring (bicyclic) bond motifs is 1. The lowest BCUT2D eigenvalue weighted by molar-refractivity contribution is 0.415. The third-order valence-corrected chi connectivity index (χ3v) is 2.46. The van der Waals surface area contributed by atoms with Gasteiger partial charge >= 0.3 is 0 Å². The van der Waals surface area contributed by atoms with Crippen LogP contribution in [-0.2, 0) is 0 Å². The van der Waals surface area contributed by atoms with E-state index in [9.17, 15) is 0 Å². The second kappa shape index (κ2) is 2.79. The molecule has 2 radical (unpaired) electrons. The number of aromatic nitrogens is 1. The largest absolute Gasteiger partial charge is 0.497 e. The highest BCUT2D eigenvalue weighted by molar-refractivity contribution is 7.25. The van der Waals surface area contributed by atoms with E-state index in [1.807, 2.05) is 18.2 Å². The summed E-state index contributed by atoms with van der Waals surface area (Å²) < 4.78 is 6.13. The first-order valence-corrected chi connectivity index (χ1v) is 4.31. The number of benzene rings is 1. The summed E-state index contributed by atoms with van der Waals surface area (Å²) in [5.41, 5.74) is 0.929. The quantitative estimate of drug-likeness (QED) is 0.605. The molecule has 0 saturated carbocycles. The first-order valence-electron chi connectivity index (χ1n) is 3.49. The second-order valence-electron chi connectivity index (χ2n) is 2.39. The fourth-order valence-corrected chi connectivity index (χ4v) is 1.81. The van der Waals surface area contributed by atoms with E-state index in [0.29, 0.717) is 4.91 Å². The Morgan fingerprint density at radius 1 is 1.50 bits per heavy atom. The zero-order valence-corrected chi connectivity index (χ0v) is 7.39. The van der Waals surface area contributed by atoms with Crippen molar-refractivity contribution >= 4 is 34.3 Å². The van der Waals surface area contributed by atoms with Crippen LogP contribution in [0.4, 0.5) is 0 Å². The molecule has 2 aromatic rings. The van der Waals surface area contributed by atoms with Gasteiger partial charge in [0.2, 0.25) is 0 Å². The molecule has 0 spiro atoms. The molecule has 0 unspecified atom stereocenters. The van der Waals surface area contributed by atoms with Crippen LogP contribution in [0, 0.1) is 0 Å². The van der Waals surface area contributed by atoms with E-state index in [1.54, 1.807) is 7.11 Å². The van der Waals surface area contributed by atoms with Gasteiger partial charge in [-0.2, -0.15) is 0 Å². The van der Waals surface area contributed by atoms with Crippen LogP contribution < -0.4 is 9.64 Å². The molecule has 0 saturated heterocycles. The maximum absolute atomic E-state index is 5.55. The van der Waals surface area contributed by atoms with Crippen molar-refractivity contribution in [3.8, 4) is 5.75 Å². The van der Waals surface area contributed by atoms with Gasteiger partial charge in [-0.1, -0.05) is 0 Å². The van der Waals surface area contributed by atoms with Gasteiger partial charge < -0.3 is 4.74 Å². The van der Waals surface area contributed by atoms with Crippen molar-refractivity contribution in [3.63, 3.8) is 0 Å². The molecule has 1 heterocycles. The third-order valence-electron chi connectivity index (χ3n) is 1.61. The number of ether oxygens (including phenoxy) is 1. The normalized spacial score (nSPS) is 10.4. The van der Waals surface area contributed by atoms with E-state index in [2.05, 4.69) is 4.98 Å². The van der Waals surface area contributed by atoms with Crippen molar-refractivity contribution < 1.29 is 4.74 Å². The van der Waals surface area contributed by atoms with E-state index in [4.69, 9.17) is 12.6 Å². The molecular weight excluding hydrogens is 169 g/mol. The first-order chi connectivity index (χ1) is 5.79. The topological polar surface area (TPSA) is 22.1 Å². The van der Waals surface area contributed by atoms with E-state index in [-0.39, 0.29) is 0 Å². The van der Waals surface area contributed by atoms with Crippen molar-refractivity contribution in [1.82, 2.24) is 4.98 Å². The molecule has 1 aromatic carbocycles. The lowest BCUT2D eigenvalue weighted by Crippen LogP contribution is -1.96. The Morgan fingerprint density at radius 3 is 3.08 bits per heavy atom. The Labute approximate surface area is 75.6 Å². The van der Waals surface area contributed by atoms with Crippen LogP contribution in [0.1, 0.15) is 0 Å². The fraction of sp³-hybridized carbons (Fsp3) is 0.125. The van der Waals surface area contributed by atoms with E-state index >= 15 is 0 Å². The van der Waals surface area contributed by atoms with Gasteiger partial charge in [0.05, 0.1) is 17.3 Å². The molecule has 0 atom stereocenters. The van der Waals surface area contributed by atoms with Gasteiger partial charge in [0.1, 0.15) is 5.75 Å². The Balaban J connectivity index is 2.66. The second-order valence-corrected chi connectivity index (χ2v) is 3.45. The first kappa shape index (κ1) is 7.62. The summed E-state index contributed by atoms with van der Waals surface area (Å²) in [6, 6.07) is 5.71. The number of hydrogen-bond acceptors (Lipinski definition) is 3. The average molecular weight is 175 g/mol. The number of hydrogen-bond donors (Lipinski definition) is 0. The van der Waals surface area contributed by atoms with Gasteiger partial charge in [-0.25, -0.2) is 0 Å². The lowest BCUT2D eigenvalue weighted by Gasteiger charge is -1.96. The van der Waals surface area contributed by atoms with E-state index in [1.165, 1.54) is 11.3 Å². The Kier molecular flexibility index (Phi) is 1.77. The summed E-state index contributed by atoms with van der Waals surface area (Å²) in [6.45, 7) is 0. The van der Waals surface area contributed by atoms with E-state index in [0.717, 1.165) is 16.0 Å². The van der Waals surface area contributed by atoms with Crippen molar-refractivity contribution in [1.29, 1.82) is 0 Å². The summed E-state index contributed by atoms with van der Waals surface area (Å²) in [5, 5.41) is 0. The van der Waals surface area contributed by atoms with E-state index < -0.39 is 0 Å². The lowest BCUT2D eigenvalue weighted by atomic mass is 10.2. The molecular formula is C8H6BNOS. The molecule has 0 bridgehead atoms. The minimum absolute atomic E-state index is 0.596. The van der Waals surface area contributed by atoms with Gasteiger partial charge in [0, 0.05) is 4.91 Å². The molecule has 12 heavy (non-hydrogen) atoms. The van der Waals surface area contributed by atoms with Gasteiger partial charge in [0.25, 0.3) is 0 Å². The molecule has 0 aliphatic heterocycles. The standard InChI is InChI=1S/C8H6BNOS/c1-11-5-2-3-6-7(4-5)12-8(9)10-6/h2-4H,1H3. The summed E-state index contributed by atoms with van der Waals surface area (Å²) in [7, 11) is 7.19. The van der Waals surface area contributed by atoms with Crippen molar-refractivity contribution in [3.05, 3.63) is 18.2 Å². The van der Waals surface area contributed by atoms with Crippen LogP contribution >= 0.6 is 11.3 Å². The summed E-state index contributed by atoms with van der Waals surface area (Å²) in [5.74, 6) is 0.839. The maximum atomic E-state index is 5.55. The van der Waals surface area contributed by atoms with Crippen molar-refractivity contribution in [2.24, 2.45) is 0 Å². The van der Waals surface area contributed by atoms with Crippen molar-refractivity contribution in [2.45, 2.75) is 0 Å². The number of thiazole rings is 1. The predicted octanol–water partition coefficient (Wildman–Crippen LogP) is 1.10. The smallest absolute Gasteiger partial charge is 0.157 e. The molecule has 2 nitrogen and oxygen atoms in total. The number of rotatable bonds is 1. The van der Waals surface area contributed by atoms with Crippen LogP contribution in [0.5, 0.6) is 5.75 Å². The monoisotopic (exact) mass is 175 g/mol. The fourth-order valence-electron chi connectivity index (χ4n) is 1.05. The molecule has 4 heteroatoms. The molecule has 2 rings (SSSR count). The Morgan fingerprint density at radius 2 is 2.33 bits per heavy atom. The molecule has 0 aliphatic carbocycles. The summed E-state index contributed by atoms with van der Waals surface area (Å²) in [4.78, 5) is 4.72. The number of nitrogens with zero attached hydrogens (tertiary/aromatic N) is 1. The molecule has 0 N–H and O–H groups in total. The zero-order chi connectivity index (χ0) is 8.55. The molecule has 0 aliphatic rings. The highest BCUT2D eigenvalue weighted by Crippen LogP contribution is 2.21. The molecule has 1 aromatic heterocycles. The highest BCUT2D eigenvalue weighted by Gasteiger charge is 2.00.